The SMILES string of the molecule is CC1CN(C(=O)c2cc([N+](=O)[O-])ccc2F)CC1C. The summed E-state index contributed by atoms with van der Waals surface area (Å²) in [7, 11) is 0. The molecule has 0 saturated carbocycles. The van der Waals surface area contributed by atoms with Crippen molar-refractivity contribution in [3.05, 3.63) is 39.7 Å². The van der Waals surface area contributed by atoms with Crippen molar-refractivity contribution < 1.29 is 14.1 Å². The van der Waals surface area contributed by atoms with Gasteiger partial charge < -0.3 is 4.90 Å². The van der Waals surface area contributed by atoms with Crippen LogP contribution < -0.4 is 0 Å². The Balaban J connectivity index is 2.29. The smallest absolute Gasteiger partial charge is 0.270 e. The van der Waals surface area contributed by atoms with Gasteiger partial charge in [-0.05, 0) is 17.9 Å². The van der Waals surface area contributed by atoms with E-state index < -0.39 is 16.6 Å². The maximum atomic E-state index is 13.7. The van der Waals surface area contributed by atoms with Crippen LogP contribution in [-0.4, -0.2) is 28.8 Å². The van der Waals surface area contributed by atoms with Gasteiger partial charge in [-0.25, -0.2) is 4.39 Å². The van der Waals surface area contributed by atoms with Crippen LogP contribution in [-0.2, 0) is 0 Å². The first-order valence-corrected chi connectivity index (χ1v) is 6.13. The number of halogens is 1. The molecule has 1 aliphatic rings. The van der Waals surface area contributed by atoms with E-state index in [0.29, 0.717) is 24.9 Å². The highest BCUT2D eigenvalue weighted by Gasteiger charge is 2.31. The fraction of sp³-hybridized carbons (Fsp3) is 0.462. The van der Waals surface area contributed by atoms with Crippen molar-refractivity contribution in [3.63, 3.8) is 0 Å². The maximum Gasteiger partial charge on any atom is 0.270 e. The molecule has 2 atom stereocenters. The second-order valence-electron chi connectivity index (χ2n) is 5.09. The molecule has 0 bridgehead atoms. The highest BCUT2D eigenvalue weighted by molar-refractivity contribution is 5.95. The first-order chi connectivity index (χ1) is 8.90. The lowest BCUT2D eigenvalue weighted by Gasteiger charge is -2.16. The minimum Gasteiger partial charge on any atom is -0.338 e. The molecule has 1 aromatic carbocycles. The molecule has 2 unspecified atom stereocenters. The number of carbonyl (C=O) groups is 1. The molecule has 2 rings (SSSR count). The van der Waals surface area contributed by atoms with Gasteiger partial charge in [0.2, 0.25) is 0 Å². The van der Waals surface area contributed by atoms with E-state index in [2.05, 4.69) is 0 Å². The van der Waals surface area contributed by atoms with Gasteiger partial charge in [0.1, 0.15) is 5.82 Å². The molecule has 1 heterocycles. The highest BCUT2D eigenvalue weighted by atomic mass is 19.1. The second kappa shape index (κ2) is 4.95. The van der Waals surface area contributed by atoms with Gasteiger partial charge in [-0.3, -0.25) is 14.9 Å². The third kappa shape index (κ3) is 2.57. The number of nitro groups is 1. The summed E-state index contributed by atoms with van der Waals surface area (Å²) in [6, 6.07) is 3.03. The summed E-state index contributed by atoms with van der Waals surface area (Å²) in [5.41, 5.74) is -0.499. The minimum atomic E-state index is -0.720. The summed E-state index contributed by atoms with van der Waals surface area (Å²) in [5, 5.41) is 10.7. The molecule has 19 heavy (non-hydrogen) atoms. The molecule has 102 valence electrons. The first-order valence-electron chi connectivity index (χ1n) is 6.13. The predicted molar refractivity (Wildman–Crippen MR) is 67.3 cm³/mol. The Bertz CT molecular complexity index is 523. The second-order valence-corrected chi connectivity index (χ2v) is 5.09. The molecule has 1 aliphatic heterocycles. The maximum absolute atomic E-state index is 13.7. The van der Waals surface area contributed by atoms with Crippen molar-refractivity contribution in [3.8, 4) is 0 Å². The molecule has 5 nitrogen and oxygen atoms in total. The average molecular weight is 266 g/mol. The summed E-state index contributed by atoms with van der Waals surface area (Å²) in [4.78, 5) is 23.8. The van der Waals surface area contributed by atoms with Gasteiger partial charge in [0.15, 0.2) is 0 Å². The lowest BCUT2D eigenvalue weighted by molar-refractivity contribution is -0.384. The van der Waals surface area contributed by atoms with Crippen molar-refractivity contribution in [2.45, 2.75) is 13.8 Å². The van der Waals surface area contributed by atoms with E-state index in [-0.39, 0.29) is 11.3 Å². The van der Waals surface area contributed by atoms with E-state index in [1.54, 1.807) is 4.90 Å². The molecule has 1 fully saturated rings. The number of nitrogens with zero attached hydrogens (tertiary/aromatic N) is 2. The van der Waals surface area contributed by atoms with Crippen molar-refractivity contribution in [2.24, 2.45) is 11.8 Å². The van der Waals surface area contributed by atoms with E-state index in [0.717, 1.165) is 18.2 Å². The van der Waals surface area contributed by atoms with Gasteiger partial charge in [-0.2, -0.15) is 0 Å². The number of rotatable bonds is 2. The van der Waals surface area contributed by atoms with Crippen LogP contribution in [0.25, 0.3) is 0 Å². The molecule has 1 amide bonds. The number of benzene rings is 1. The predicted octanol–water partition coefficient (Wildman–Crippen LogP) is 2.46. The van der Waals surface area contributed by atoms with Gasteiger partial charge >= 0.3 is 0 Å². The third-order valence-electron chi connectivity index (χ3n) is 3.67. The Labute approximate surface area is 110 Å². The molecule has 1 saturated heterocycles. The average Bonchev–Trinajstić information content (AvgIpc) is 2.69. The topological polar surface area (TPSA) is 63.5 Å². The number of amides is 1. The summed E-state index contributed by atoms with van der Waals surface area (Å²) in [5.74, 6) is -0.489. The zero-order valence-electron chi connectivity index (χ0n) is 10.8. The summed E-state index contributed by atoms with van der Waals surface area (Å²) >= 11 is 0. The molecular weight excluding hydrogens is 251 g/mol. The Kier molecular flexibility index (Phi) is 3.50. The molecule has 0 aromatic heterocycles. The van der Waals surface area contributed by atoms with Crippen molar-refractivity contribution in [1.82, 2.24) is 4.90 Å². The van der Waals surface area contributed by atoms with E-state index in [4.69, 9.17) is 0 Å². The van der Waals surface area contributed by atoms with Crippen LogP contribution in [0.4, 0.5) is 10.1 Å². The molecule has 0 N–H and O–H groups in total. The molecule has 1 aromatic rings. The van der Waals surface area contributed by atoms with Gasteiger partial charge in [-0.15, -0.1) is 0 Å². The van der Waals surface area contributed by atoms with Gasteiger partial charge in [0.25, 0.3) is 11.6 Å². The minimum absolute atomic E-state index is 0.226. The Hall–Kier alpha value is -1.98. The zero-order chi connectivity index (χ0) is 14.2. The highest BCUT2D eigenvalue weighted by Crippen LogP contribution is 2.25. The number of hydrogen-bond acceptors (Lipinski definition) is 3. The third-order valence-corrected chi connectivity index (χ3v) is 3.67. The summed E-state index contributed by atoms with van der Waals surface area (Å²) < 4.78 is 13.7. The van der Waals surface area contributed by atoms with Crippen LogP contribution in [0, 0.1) is 27.8 Å². The van der Waals surface area contributed by atoms with E-state index in [1.807, 2.05) is 13.8 Å². The molecular formula is C13H15FN2O3. The van der Waals surface area contributed by atoms with Crippen LogP contribution >= 0.6 is 0 Å². The number of hydrogen-bond donors (Lipinski definition) is 0. The zero-order valence-corrected chi connectivity index (χ0v) is 10.8. The van der Waals surface area contributed by atoms with Crippen LogP contribution in [0.3, 0.4) is 0 Å². The Morgan fingerprint density at radius 3 is 2.47 bits per heavy atom. The van der Waals surface area contributed by atoms with Crippen molar-refractivity contribution in [1.29, 1.82) is 0 Å². The monoisotopic (exact) mass is 266 g/mol. The van der Waals surface area contributed by atoms with Crippen LogP contribution in [0.5, 0.6) is 0 Å². The Morgan fingerprint density at radius 2 is 1.95 bits per heavy atom. The van der Waals surface area contributed by atoms with Crippen LogP contribution in [0.2, 0.25) is 0 Å². The first kappa shape index (κ1) is 13.5. The molecule has 6 heteroatoms. The van der Waals surface area contributed by atoms with Crippen molar-refractivity contribution >= 4 is 11.6 Å². The largest absolute Gasteiger partial charge is 0.338 e. The van der Waals surface area contributed by atoms with Gasteiger partial charge in [0.05, 0.1) is 10.5 Å². The number of likely N-dealkylation sites (tertiary alicyclic amines) is 1. The number of carbonyl (C=O) groups excluding carboxylic acids is 1. The summed E-state index contributed by atoms with van der Waals surface area (Å²) in [6.45, 7) is 5.17. The fourth-order valence-corrected chi connectivity index (χ4v) is 2.26. The van der Waals surface area contributed by atoms with Gasteiger partial charge in [0, 0.05) is 25.2 Å². The van der Waals surface area contributed by atoms with E-state index in [9.17, 15) is 19.3 Å². The van der Waals surface area contributed by atoms with Crippen LogP contribution in [0.1, 0.15) is 24.2 Å². The molecule has 0 aliphatic carbocycles. The van der Waals surface area contributed by atoms with E-state index >= 15 is 0 Å². The lowest BCUT2D eigenvalue weighted by Crippen LogP contribution is -2.29. The lowest BCUT2D eigenvalue weighted by atomic mass is 10.0. The number of nitro benzene ring substituents is 1. The standard InChI is InChI=1S/C13H15FN2O3/c1-8-6-15(7-9(8)2)13(17)11-5-10(16(18)19)3-4-12(11)14/h3-5,8-9H,6-7H2,1-2H3. The quantitative estimate of drug-likeness (QED) is 0.610. The molecule has 0 spiro atoms. The summed E-state index contributed by atoms with van der Waals surface area (Å²) in [6.07, 6.45) is 0. The fourth-order valence-electron chi connectivity index (χ4n) is 2.26. The Morgan fingerprint density at radius 1 is 1.37 bits per heavy atom. The number of non-ortho nitro benzene ring substituents is 1. The normalized spacial score (nSPS) is 22.6. The molecule has 0 radical (unpaired) electrons. The van der Waals surface area contributed by atoms with Crippen molar-refractivity contribution in [2.75, 3.05) is 13.1 Å². The van der Waals surface area contributed by atoms with Gasteiger partial charge in [-0.1, -0.05) is 13.8 Å². The van der Waals surface area contributed by atoms with Crippen LogP contribution in [0.15, 0.2) is 18.2 Å². The van der Waals surface area contributed by atoms with E-state index in [1.165, 1.54) is 0 Å².